The molecule has 59 heavy (non-hydrogen) atoms. The molecule has 1 unspecified atom stereocenters. The van der Waals surface area contributed by atoms with Gasteiger partial charge in [-0.3, -0.25) is 9.59 Å². The van der Waals surface area contributed by atoms with Gasteiger partial charge in [0, 0.05) is 18.9 Å². The van der Waals surface area contributed by atoms with E-state index in [4.69, 9.17) is 13.6 Å². The van der Waals surface area contributed by atoms with E-state index in [0.29, 0.717) is 12.2 Å². The highest BCUT2D eigenvalue weighted by Gasteiger charge is 2.57. The number of hydrogen-bond acceptors (Lipinski definition) is 6. The van der Waals surface area contributed by atoms with Gasteiger partial charge in [-0.25, -0.2) is 4.79 Å². The van der Waals surface area contributed by atoms with Crippen molar-refractivity contribution in [2.24, 2.45) is 5.92 Å². The van der Waals surface area contributed by atoms with Gasteiger partial charge in [-0.05, 0) is 70.7 Å². The van der Waals surface area contributed by atoms with E-state index in [1.165, 1.54) is 6.08 Å². The third-order valence-corrected chi connectivity index (χ3v) is 25.9. The van der Waals surface area contributed by atoms with Crippen molar-refractivity contribution in [3.63, 3.8) is 0 Å². The van der Waals surface area contributed by atoms with E-state index in [0.717, 1.165) is 21.5 Å². The topological polar surface area (TPSA) is 82.1 Å². The fourth-order valence-corrected chi connectivity index (χ4v) is 14.0. The van der Waals surface area contributed by atoms with Crippen LogP contribution in [0.15, 0.2) is 128 Å². The highest BCUT2D eigenvalue weighted by atomic mass is 31.2. The number of carbonyl (C=O) groups excluding carboxylic acids is 3. The van der Waals surface area contributed by atoms with Crippen LogP contribution < -0.4 is 15.9 Å². The Morgan fingerprint density at radius 3 is 1.71 bits per heavy atom. The third kappa shape index (κ3) is 9.61. The summed E-state index contributed by atoms with van der Waals surface area (Å²) >= 11 is 0. The van der Waals surface area contributed by atoms with Gasteiger partial charge in [-0.1, -0.05) is 163 Å². The number of ether oxygens (including phenoxy) is 1. The summed E-state index contributed by atoms with van der Waals surface area (Å²) in [5.41, 5.74) is 1.68. The van der Waals surface area contributed by atoms with Crippen molar-refractivity contribution in [2.45, 2.75) is 110 Å². The van der Waals surface area contributed by atoms with Gasteiger partial charge in [0.2, 0.25) is 5.91 Å². The zero-order valence-electron chi connectivity index (χ0n) is 37.0. The summed E-state index contributed by atoms with van der Waals surface area (Å²) in [5.74, 6) is -1.71. The van der Waals surface area contributed by atoms with E-state index in [1.807, 2.05) is 122 Å². The van der Waals surface area contributed by atoms with Crippen LogP contribution in [-0.2, 0) is 29.8 Å². The first-order valence-electron chi connectivity index (χ1n) is 20.7. The number of esters is 1. The molecule has 1 fully saturated rings. The van der Waals surface area contributed by atoms with Crippen LogP contribution >= 0.6 is 6.89 Å². The first-order chi connectivity index (χ1) is 27.7. The van der Waals surface area contributed by atoms with Crippen molar-refractivity contribution >= 4 is 62.5 Å². The van der Waals surface area contributed by atoms with Crippen LogP contribution in [0, 0.1) is 5.92 Å². The normalized spacial score (nSPS) is 16.9. The molecule has 314 valence electrons. The predicted molar refractivity (Wildman–Crippen MR) is 251 cm³/mol. The summed E-state index contributed by atoms with van der Waals surface area (Å²) in [7, 11) is -4.43. The van der Waals surface area contributed by atoms with Gasteiger partial charge in [-0.15, -0.1) is 0 Å². The van der Waals surface area contributed by atoms with Gasteiger partial charge in [0.15, 0.2) is 22.4 Å². The predicted octanol–water partition coefficient (Wildman–Crippen LogP) is 9.87. The van der Waals surface area contributed by atoms with E-state index in [2.05, 4.69) is 74.3 Å². The lowest BCUT2D eigenvalue weighted by molar-refractivity contribution is -0.156. The Hall–Kier alpha value is -4.12. The quantitative estimate of drug-likeness (QED) is 0.0279. The summed E-state index contributed by atoms with van der Waals surface area (Å²) in [5, 5.41) is 2.56. The van der Waals surface area contributed by atoms with Crippen molar-refractivity contribution in [1.82, 2.24) is 4.90 Å². The summed E-state index contributed by atoms with van der Waals surface area (Å²) in [4.78, 5) is 46.6. The summed E-state index contributed by atoms with van der Waals surface area (Å²) < 4.78 is 19.5. The van der Waals surface area contributed by atoms with Crippen LogP contribution in [0.5, 0.6) is 0 Å². The van der Waals surface area contributed by atoms with E-state index in [9.17, 15) is 4.79 Å². The number of hydrogen-bond donors (Lipinski definition) is 0. The molecule has 5 rings (SSSR count). The molecule has 0 aromatic heterocycles. The Balaban J connectivity index is 1.75. The van der Waals surface area contributed by atoms with Crippen molar-refractivity contribution < 1.29 is 28.0 Å². The fourth-order valence-electron chi connectivity index (χ4n) is 7.26. The molecular weight excluding hydrogens is 786 g/mol. The SMILES string of the molecule is C=CCOC(=O)C(N1C(=O)[C@H](C(C)O[Si](C)(C)C(C)(C)C)[C@H]1CC(=O)c1cccc(CO[Si](C)(C)C(C)(C)C)c1)=P(c1ccccc1)(c1ccccc1)c1ccccc1. The standard InChI is InChI=1S/C49H64NO6PSi2/c1-13-32-54-47(53)46(57(39-26-17-14-18-27-39,40-28-19-15-20-29-40)41-30-21-16-22-31-41)50-42(44(45(50)52)36(2)56-59(11,12)49(6,7)8)34-43(51)38-25-23-24-37(33-38)35-55-58(9,10)48(3,4)5/h13-31,33,36,42,44H,1,32,34-35H2,2-12H3/t36?,42-,44-/m1/s1. The number of Topliss-reactive ketones (excluding diaryl/α,β-unsaturated/α-hetero) is 1. The van der Waals surface area contributed by atoms with Gasteiger partial charge in [0.25, 0.3) is 0 Å². The fraction of sp³-hybridized carbons (Fsp3) is 0.388. The second-order valence-electron chi connectivity index (χ2n) is 18.6. The molecule has 0 bridgehead atoms. The zero-order valence-corrected chi connectivity index (χ0v) is 39.8. The van der Waals surface area contributed by atoms with E-state index >= 15 is 9.59 Å². The van der Waals surface area contributed by atoms with Crippen molar-refractivity contribution in [1.29, 1.82) is 0 Å². The van der Waals surface area contributed by atoms with Crippen LogP contribution in [-0.4, -0.2) is 63.4 Å². The highest BCUT2D eigenvalue weighted by molar-refractivity contribution is 7.96. The van der Waals surface area contributed by atoms with Crippen LogP contribution in [0.1, 0.15) is 70.8 Å². The molecule has 3 atom stereocenters. The molecule has 1 aliphatic rings. The number of nitrogens with zero attached hydrogens (tertiary/aromatic N) is 1. The molecule has 4 aromatic carbocycles. The van der Waals surface area contributed by atoms with Gasteiger partial charge >= 0.3 is 5.97 Å². The first-order valence-corrected chi connectivity index (χ1v) is 28.3. The number of carbonyl (C=O) groups is 3. The highest BCUT2D eigenvalue weighted by Crippen LogP contribution is 2.51. The Morgan fingerprint density at radius 2 is 1.25 bits per heavy atom. The lowest BCUT2D eigenvalue weighted by Gasteiger charge is -2.53. The Labute approximate surface area is 355 Å². The largest absolute Gasteiger partial charge is 0.457 e. The second-order valence-corrected chi connectivity index (χ2v) is 31.5. The number of rotatable bonds is 16. The molecular formula is C49H64NO6PSi2. The molecule has 0 aliphatic carbocycles. The minimum Gasteiger partial charge on any atom is -0.457 e. The van der Waals surface area contributed by atoms with Gasteiger partial charge in [-0.2, -0.15) is 0 Å². The average Bonchev–Trinajstić information content (AvgIpc) is 3.19. The molecule has 1 saturated heterocycles. The maximum absolute atomic E-state index is 15.2. The molecule has 1 heterocycles. The summed E-state index contributed by atoms with van der Waals surface area (Å²) in [6.45, 7) is 24.8. The van der Waals surface area contributed by atoms with E-state index in [-0.39, 0.29) is 40.2 Å². The Morgan fingerprint density at radius 1 is 0.763 bits per heavy atom. The maximum Gasteiger partial charge on any atom is 0.356 e. The molecule has 0 N–H and O–H groups in total. The average molecular weight is 850 g/mol. The number of β-lactam (4-membered cyclic amide) rings is 1. The minimum atomic E-state index is -3.19. The first kappa shape index (κ1) is 46.0. The van der Waals surface area contributed by atoms with Crippen LogP contribution in [0.2, 0.25) is 36.3 Å². The van der Waals surface area contributed by atoms with Crippen LogP contribution in [0.4, 0.5) is 0 Å². The van der Waals surface area contributed by atoms with Crippen LogP contribution in [0.25, 0.3) is 0 Å². The lowest BCUT2D eigenvalue weighted by Crippen LogP contribution is -2.69. The molecule has 0 spiro atoms. The molecule has 10 heteroatoms. The molecule has 0 saturated carbocycles. The number of benzene rings is 4. The summed E-state index contributed by atoms with van der Waals surface area (Å²) in [6, 6.07) is 36.6. The molecule has 0 radical (unpaired) electrons. The minimum absolute atomic E-state index is 0.0231. The molecule has 7 nitrogen and oxygen atoms in total. The van der Waals surface area contributed by atoms with Gasteiger partial charge < -0.3 is 18.5 Å². The van der Waals surface area contributed by atoms with Crippen molar-refractivity contribution in [2.75, 3.05) is 6.61 Å². The van der Waals surface area contributed by atoms with Gasteiger partial charge in [0.05, 0.1) is 24.7 Å². The van der Waals surface area contributed by atoms with E-state index in [1.54, 1.807) is 4.90 Å². The van der Waals surface area contributed by atoms with E-state index < -0.39 is 47.6 Å². The molecule has 1 amide bonds. The monoisotopic (exact) mass is 849 g/mol. The zero-order chi connectivity index (χ0) is 43.4. The summed E-state index contributed by atoms with van der Waals surface area (Å²) in [6.07, 6.45) is 0.984. The number of amides is 1. The maximum atomic E-state index is 15.2. The van der Waals surface area contributed by atoms with Crippen molar-refractivity contribution in [3.8, 4) is 0 Å². The van der Waals surface area contributed by atoms with Crippen LogP contribution in [0.3, 0.4) is 0 Å². The van der Waals surface area contributed by atoms with Crippen molar-refractivity contribution in [3.05, 3.63) is 139 Å². The molecule has 4 aromatic rings. The molecule has 1 aliphatic heterocycles. The smallest absolute Gasteiger partial charge is 0.356 e. The number of likely N-dealkylation sites (tertiary alicyclic amines) is 1. The Kier molecular flexibility index (Phi) is 14.2. The lowest BCUT2D eigenvalue weighted by atomic mass is 9.79. The number of ketones is 1. The Bertz CT molecular complexity index is 2070. The second kappa shape index (κ2) is 18.2. The third-order valence-electron chi connectivity index (χ3n) is 12.6. The van der Waals surface area contributed by atoms with Gasteiger partial charge in [0.1, 0.15) is 12.0 Å².